The van der Waals surface area contributed by atoms with E-state index in [-0.39, 0.29) is 42.1 Å². The van der Waals surface area contributed by atoms with Crippen LogP contribution in [0.2, 0.25) is 5.02 Å². The number of ether oxygens (including phenoxy) is 2. The van der Waals surface area contributed by atoms with Crippen LogP contribution in [0.5, 0.6) is 11.8 Å². The molecule has 2 aliphatic heterocycles. The van der Waals surface area contributed by atoms with Gasteiger partial charge in [-0.3, -0.25) is 14.6 Å². The highest BCUT2D eigenvalue weighted by Crippen LogP contribution is 2.44. The van der Waals surface area contributed by atoms with Gasteiger partial charge >= 0.3 is 6.18 Å². The van der Waals surface area contributed by atoms with Crippen LogP contribution in [0.25, 0.3) is 22.5 Å². The molecule has 4 N–H and O–H groups in total. The van der Waals surface area contributed by atoms with Crippen LogP contribution in [0.3, 0.4) is 0 Å². The fourth-order valence-corrected chi connectivity index (χ4v) is 8.29. The molecule has 4 aromatic rings. The predicted molar refractivity (Wildman–Crippen MR) is 210 cm³/mol. The fourth-order valence-electron chi connectivity index (χ4n) is 7.98. The summed E-state index contributed by atoms with van der Waals surface area (Å²) < 4.78 is 55.0. The summed E-state index contributed by atoms with van der Waals surface area (Å²) in [5.41, 5.74) is 4.62. The van der Waals surface area contributed by atoms with Crippen molar-refractivity contribution in [3.8, 4) is 34.3 Å². The summed E-state index contributed by atoms with van der Waals surface area (Å²) in [4.78, 5) is 38.8. The number of amides is 2. The van der Waals surface area contributed by atoms with E-state index in [0.717, 1.165) is 34.7 Å². The van der Waals surface area contributed by atoms with Crippen molar-refractivity contribution >= 4 is 29.2 Å². The number of aromatic nitrogens is 3. The molecule has 0 unspecified atom stereocenters. The Kier molecular flexibility index (Phi) is 12.2. The Morgan fingerprint density at radius 1 is 0.965 bits per heavy atom. The highest BCUT2D eigenvalue weighted by atomic mass is 35.5. The standard InChI is InChI=1S/C41H46ClF3N8O4/c1-23(54)53-17-14-26(15-18-53)48-21-25-19-32(41(43,44)45)38(52-40(25)57-3)50-33-11-9-28-29(33)5-4-6-30(28)37-36(42)31(13-16-47-37)34-10-7-24(39(51-34)56-2)20-46-22-27-8-12-35(55)49-27/h4-7,10,13,16,19,26-27,33,46,48H,8-9,11-12,14-15,17-18,20-22H2,1-3H3,(H,49,55)(H,50,52)/t27-,33+/m0/s1. The Hall–Kier alpha value is -4.99. The zero-order valence-corrected chi connectivity index (χ0v) is 32.8. The molecule has 1 aromatic carbocycles. The lowest BCUT2D eigenvalue weighted by Gasteiger charge is -2.32. The monoisotopic (exact) mass is 806 g/mol. The van der Waals surface area contributed by atoms with E-state index in [1.54, 1.807) is 24.3 Å². The van der Waals surface area contributed by atoms with Crippen molar-refractivity contribution in [1.82, 2.24) is 35.8 Å². The summed E-state index contributed by atoms with van der Waals surface area (Å²) in [6.07, 6.45) is 0.837. The van der Waals surface area contributed by atoms with Gasteiger partial charge in [-0.2, -0.15) is 18.2 Å². The molecule has 1 aliphatic carbocycles. The molecule has 2 fully saturated rings. The molecule has 57 heavy (non-hydrogen) atoms. The highest BCUT2D eigenvalue weighted by molar-refractivity contribution is 6.35. The summed E-state index contributed by atoms with van der Waals surface area (Å²) >= 11 is 7.09. The summed E-state index contributed by atoms with van der Waals surface area (Å²) in [5, 5.41) is 13.1. The first-order valence-electron chi connectivity index (χ1n) is 19.1. The molecule has 5 heterocycles. The minimum Gasteiger partial charge on any atom is -0.481 e. The molecule has 3 aliphatic rings. The molecule has 16 heteroatoms. The predicted octanol–water partition coefficient (Wildman–Crippen LogP) is 6.46. The molecular weight excluding hydrogens is 761 g/mol. The van der Waals surface area contributed by atoms with Gasteiger partial charge < -0.3 is 35.6 Å². The first-order valence-corrected chi connectivity index (χ1v) is 19.5. The first kappa shape index (κ1) is 40.2. The molecule has 2 atom stereocenters. The number of hydrogen-bond donors (Lipinski definition) is 4. The maximum Gasteiger partial charge on any atom is 0.419 e. The van der Waals surface area contributed by atoms with Crippen molar-refractivity contribution in [1.29, 1.82) is 0 Å². The summed E-state index contributed by atoms with van der Waals surface area (Å²) in [5.74, 6) is 0.331. The second-order valence-corrected chi connectivity index (χ2v) is 15.0. The van der Waals surface area contributed by atoms with Crippen LogP contribution in [0, 0.1) is 0 Å². The van der Waals surface area contributed by atoms with Crippen molar-refractivity contribution < 1.29 is 32.2 Å². The number of carbonyl (C=O) groups excluding carboxylic acids is 2. The van der Waals surface area contributed by atoms with Gasteiger partial charge in [-0.25, -0.2) is 4.98 Å². The second kappa shape index (κ2) is 17.2. The summed E-state index contributed by atoms with van der Waals surface area (Å²) in [7, 11) is 2.96. The summed E-state index contributed by atoms with van der Waals surface area (Å²) in [6, 6.07) is 12.1. The minimum absolute atomic E-state index is 0.0169. The minimum atomic E-state index is -4.68. The van der Waals surface area contributed by atoms with Crippen LogP contribution in [0.15, 0.2) is 48.7 Å². The number of pyridine rings is 3. The van der Waals surface area contributed by atoms with Crippen molar-refractivity contribution in [2.75, 3.05) is 39.2 Å². The van der Waals surface area contributed by atoms with Crippen LogP contribution in [-0.2, 0) is 35.3 Å². The first-order chi connectivity index (χ1) is 27.4. The van der Waals surface area contributed by atoms with Gasteiger partial charge in [0.15, 0.2) is 0 Å². The van der Waals surface area contributed by atoms with E-state index < -0.39 is 17.8 Å². The van der Waals surface area contributed by atoms with Crippen molar-refractivity contribution in [2.45, 2.75) is 82.8 Å². The molecule has 2 saturated heterocycles. The molecular formula is C41H46ClF3N8O4. The number of piperidine rings is 1. The number of halogens is 4. The topological polar surface area (TPSA) is 143 Å². The van der Waals surface area contributed by atoms with Gasteiger partial charge in [0, 0.05) is 86.6 Å². The van der Waals surface area contributed by atoms with Gasteiger partial charge in [-0.05, 0) is 61.4 Å². The lowest BCUT2D eigenvalue weighted by Crippen LogP contribution is -2.44. The van der Waals surface area contributed by atoms with Gasteiger partial charge in [0.2, 0.25) is 23.6 Å². The number of methoxy groups -OCH3 is 2. The Morgan fingerprint density at radius 3 is 2.44 bits per heavy atom. The largest absolute Gasteiger partial charge is 0.481 e. The van der Waals surface area contributed by atoms with E-state index in [1.807, 2.05) is 30.3 Å². The molecule has 2 amide bonds. The van der Waals surface area contributed by atoms with Gasteiger partial charge in [-0.1, -0.05) is 35.9 Å². The van der Waals surface area contributed by atoms with Crippen LogP contribution in [0.1, 0.15) is 72.9 Å². The number of nitrogens with zero attached hydrogens (tertiary/aromatic N) is 4. The number of carbonyl (C=O) groups is 2. The third kappa shape index (κ3) is 8.95. The number of nitrogens with one attached hydrogen (secondary N) is 4. The van der Waals surface area contributed by atoms with Gasteiger partial charge in [0.25, 0.3) is 0 Å². The number of hydrogen-bond acceptors (Lipinski definition) is 10. The van der Waals surface area contributed by atoms with Crippen LogP contribution in [-0.4, -0.2) is 77.6 Å². The Labute approximate surface area is 334 Å². The van der Waals surface area contributed by atoms with Gasteiger partial charge in [0.1, 0.15) is 5.82 Å². The van der Waals surface area contributed by atoms with E-state index >= 15 is 0 Å². The molecule has 0 saturated carbocycles. The van der Waals surface area contributed by atoms with Crippen molar-refractivity contribution in [3.63, 3.8) is 0 Å². The molecule has 12 nitrogen and oxygen atoms in total. The Balaban J connectivity index is 1.09. The molecule has 302 valence electrons. The van der Waals surface area contributed by atoms with Crippen LogP contribution < -0.4 is 30.7 Å². The maximum absolute atomic E-state index is 14.6. The van der Waals surface area contributed by atoms with Gasteiger partial charge in [0.05, 0.1) is 42.2 Å². The SMILES string of the molecule is COc1nc(-c2ccnc(-c3cccc4c3CC[C@H]4Nc3nc(OC)c(CNC4CCN(C(C)=O)CC4)cc3C(F)(F)F)c2Cl)ccc1CNC[C@@H]1CCC(=O)N1. The Morgan fingerprint density at radius 2 is 1.74 bits per heavy atom. The number of benzene rings is 1. The van der Waals surface area contributed by atoms with E-state index in [9.17, 15) is 22.8 Å². The maximum atomic E-state index is 14.6. The highest BCUT2D eigenvalue weighted by Gasteiger charge is 2.38. The molecule has 7 rings (SSSR count). The summed E-state index contributed by atoms with van der Waals surface area (Å²) in [6.45, 7) is 4.01. The lowest BCUT2D eigenvalue weighted by atomic mass is 9.98. The van der Waals surface area contributed by atoms with Crippen molar-refractivity contribution in [2.24, 2.45) is 0 Å². The van der Waals surface area contributed by atoms with E-state index in [1.165, 1.54) is 14.0 Å². The molecule has 0 radical (unpaired) electrons. The number of rotatable bonds is 13. The number of likely N-dealkylation sites (tertiary alicyclic amines) is 1. The average Bonchev–Trinajstić information content (AvgIpc) is 3.82. The Bertz CT molecular complexity index is 2130. The van der Waals surface area contributed by atoms with Crippen LogP contribution >= 0.6 is 11.6 Å². The number of anilines is 1. The zero-order chi connectivity index (χ0) is 40.3. The third-order valence-electron chi connectivity index (χ3n) is 11.0. The second-order valence-electron chi connectivity index (χ2n) is 14.6. The van der Waals surface area contributed by atoms with Crippen LogP contribution in [0.4, 0.5) is 19.0 Å². The van der Waals surface area contributed by atoms with E-state index in [0.29, 0.717) is 91.7 Å². The molecule has 0 bridgehead atoms. The normalized spacial score (nSPS) is 18.4. The van der Waals surface area contributed by atoms with E-state index in [4.69, 9.17) is 26.1 Å². The fraction of sp³-hybridized carbons (Fsp3) is 0.439. The molecule has 0 spiro atoms. The lowest BCUT2D eigenvalue weighted by molar-refractivity contribution is -0.137. The average molecular weight is 807 g/mol. The smallest absolute Gasteiger partial charge is 0.419 e. The quantitative estimate of drug-likeness (QED) is 0.119. The van der Waals surface area contributed by atoms with E-state index in [2.05, 4.69) is 31.2 Å². The van der Waals surface area contributed by atoms with Gasteiger partial charge in [-0.15, -0.1) is 0 Å². The molecule has 3 aromatic heterocycles. The number of fused-ring (bicyclic) bond motifs is 1. The third-order valence-corrected chi connectivity index (χ3v) is 11.4. The zero-order valence-electron chi connectivity index (χ0n) is 32.1. The number of alkyl halides is 3. The van der Waals surface area contributed by atoms with Crippen molar-refractivity contribution in [3.05, 3.63) is 81.5 Å².